The van der Waals surface area contributed by atoms with Crippen LogP contribution in [0.25, 0.3) is 0 Å². The van der Waals surface area contributed by atoms with Crippen LogP contribution in [0.15, 0.2) is 0 Å². The number of nitrogens with one attached hydrogen (secondary N) is 1. The van der Waals surface area contributed by atoms with Gasteiger partial charge in [-0.1, -0.05) is 26.2 Å². The lowest BCUT2D eigenvalue weighted by Gasteiger charge is -2.25. The van der Waals surface area contributed by atoms with Crippen molar-refractivity contribution in [2.45, 2.75) is 45.4 Å². The van der Waals surface area contributed by atoms with E-state index in [1.807, 2.05) is 14.0 Å². The van der Waals surface area contributed by atoms with Gasteiger partial charge in [-0.25, -0.2) is 5.43 Å². The molecule has 0 saturated heterocycles. The Kier molecular flexibility index (Phi) is 4.94. The van der Waals surface area contributed by atoms with Gasteiger partial charge in [-0.05, 0) is 18.8 Å². The Balaban J connectivity index is 2.15. The Morgan fingerprint density at radius 3 is 2.57 bits per heavy atom. The SMILES string of the molecule is CCC(=O)N(C)NCC1CCCCC1. The summed E-state index contributed by atoms with van der Waals surface area (Å²) in [4.78, 5) is 11.2. The minimum Gasteiger partial charge on any atom is -0.281 e. The lowest BCUT2D eigenvalue weighted by Crippen LogP contribution is -2.42. The highest BCUT2D eigenvalue weighted by atomic mass is 16.2. The molecule has 0 spiro atoms. The maximum atomic E-state index is 11.2. The van der Waals surface area contributed by atoms with Crippen LogP contribution in [0.5, 0.6) is 0 Å². The normalized spacial score (nSPS) is 18.1. The zero-order chi connectivity index (χ0) is 10.4. The van der Waals surface area contributed by atoms with E-state index in [0.717, 1.165) is 12.5 Å². The van der Waals surface area contributed by atoms with Crippen molar-refractivity contribution in [3.05, 3.63) is 0 Å². The number of carbonyl (C=O) groups is 1. The van der Waals surface area contributed by atoms with Gasteiger partial charge in [0.05, 0.1) is 0 Å². The summed E-state index contributed by atoms with van der Waals surface area (Å²) < 4.78 is 0. The van der Waals surface area contributed by atoms with Crippen molar-refractivity contribution >= 4 is 5.91 Å². The third-order valence-corrected chi connectivity index (χ3v) is 3.02. The highest BCUT2D eigenvalue weighted by Crippen LogP contribution is 2.22. The highest BCUT2D eigenvalue weighted by Gasteiger charge is 2.14. The van der Waals surface area contributed by atoms with Crippen LogP contribution in [0, 0.1) is 5.92 Å². The van der Waals surface area contributed by atoms with E-state index in [0.29, 0.717) is 6.42 Å². The largest absolute Gasteiger partial charge is 0.281 e. The van der Waals surface area contributed by atoms with Gasteiger partial charge in [-0.3, -0.25) is 9.80 Å². The summed E-state index contributed by atoms with van der Waals surface area (Å²) >= 11 is 0. The molecule has 0 aromatic heterocycles. The summed E-state index contributed by atoms with van der Waals surface area (Å²) in [6, 6.07) is 0. The van der Waals surface area contributed by atoms with E-state index >= 15 is 0 Å². The Bertz CT molecular complexity index is 176. The van der Waals surface area contributed by atoms with Crippen LogP contribution in [0.1, 0.15) is 45.4 Å². The van der Waals surface area contributed by atoms with E-state index in [1.54, 1.807) is 5.01 Å². The first-order chi connectivity index (χ1) is 6.74. The summed E-state index contributed by atoms with van der Waals surface area (Å²) in [6.45, 7) is 2.85. The van der Waals surface area contributed by atoms with Gasteiger partial charge in [0.25, 0.3) is 0 Å². The van der Waals surface area contributed by atoms with Crippen LogP contribution >= 0.6 is 0 Å². The smallest absolute Gasteiger partial charge is 0.236 e. The van der Waals surface area contributed by atoms with Crippen LogP contribution in [0.2, 0.25) is 0 Å². The molecule has 1 N–H and O–H groups in total. The van der Waals surface area contributed by atoms with Crippen LogP contribution < -0.4 is 5.43 Å². The van der Waals surface area contributed by atoms with Crippen LogP contribution in [0.4, 0.5) is 0 Å². The lowest BCUT2D eigenvalue weighted by molar-refractivity contribution is -0.132. The van der Waals surface area contributed by atoms with Crippen molar-refractivity contribution in [1.82, 2.24) is 10.4 Å². The quantitative estimate of drug-likeness (QED) is 0.700. The molecule has 82 valence electrons. The Morgan fingerprint density at radius 2 is 2.00 bits per heavy atom. The highest BCUT2D eigenvalue weighted by molar-refractivity contribution is 5.74. The van der Waals surface area contributed by atoms with E-state index in [2.05, 4.69) is 5.43 Å². The zero-order valence-electron chi connectivity index (χ0n) is 9.38. The van der Waals surface area contributed by atoms with Crippen LogP contribution in [0.3, 0.4) is 0 Å². The van der Waals surface area contributed by atoms with E-state index in [-0.39, 0.29) is 5.91 Å². The predicted molar refractivity (Wildman–Crippen MR) is 57.6 cm³/mol. The molecule has 1 aliphatic rings. The molecule has 0 bridgehead atoms. The molecular formula is C11H22N2O. The molecule has 1 saturated carbocycles. The average Bonchev–Trinajstić information content (AvgIpc) is 2.26. The van der Waals surface area contributed by atoms with Gasteiger partial charge in [-0.15, -0.1) is 0 Å². The van der Waals surface area contributed by atoms with Crippen molar-refractivity contribution in [2.24, 2.45) is 5.92 Å². The Morgan fingerprint density at radius 1 is 1.36 bits per heavy atom. The maximum Gasteiger partial charge on any atom is 0.236 e. The molecule has 0 aromatic rings. The first kappa shape index (κ1) is 11.5. The van der Waals surface area contributed by atoms with Gasteiger partial charge in [-0.2, -0.15) is 0 Å². The molecule has 0 aromatic carbocycles. The monoisotopic (exact) mass is 198 g/mol. The second-order valence-electron chi connectivity index (χ2n) is 4.17. The molecule has 3 nitrogen and oxygen atoms in total. The van der Waals surface area contributed by atoms with Gasteiger partial charge >= 0.3 is 0 Å². The van der Waals surface area contributed by atoms with Crippen molar-refractivity contribution in [2.75, 3.05) is 13.6 Å². The second kappa shape index (κ2) is 6.02. The van der Waals surface area contributed by atoms with Crippen LogP contribution in [-0.2, 0) is 4.79 Å². The molecular weight excluding hydrogens is 176 g/mol. The number of nitrogens with zero attached hydrogens (tertiary/aromatic N) is 1. The molecule has 0 radical (unpaired) electrons. The minimum absolute atomic E-state index is 0.167. The van der Waals surface area contributed by atoms with Crippen molar-refractivity contribution in [1.29, 1.82) is 0 Å². The summed E-state index contributed by atoms with van der Waals surface area (Å²) in [5.74, 6) is 0.941. The fourth-order valence-electron chi connectivity index (χ4n) is 1.98. The van der Waals surface area contributed by atoms with Crippen molar-refractivity contribution < 1.29 is 4.79 Å². The number of carbonyl (C=O) groups excluding carboxylic acids is 1. The predicted octanol–water partition coefficient (Wildman–Crippen LogP) is 1.94. The van der Waals surface area contributed by atoms with E-state index in [1.165, 1.54) is 32.1 Å². The molecule has 1 fully saturated rings. The van der Waals surface area contributed by atoms with Gasteiger partial charge in [0.2, 0.25) is 5.91 Å². The third-order valence-electron chi connectivity index (χ3n) is 3.02. The molecule has 14 heavy (non-hydrogen) atoms. The van der Waals surface area contributed by atoms with Gasteiger partial charge in [0, 0.05) is 20.0 Å². The van der Waals surface area contributed by atoms with Crippen molar-refractivity contribution in [3.63, 3.8) is 0 Å². The number of hydrazine groups is 1. The summed E-state index contributed by atoms with van der Waals surface area (Å²) in [5.41, 5.74) is 3.19. The topological polar surface area (TPSA) is 32.3 Å². The van der Waals surface area contributed by atoms with Gasteiger partial charge in [0.1, 0.15) is 0 Å². The molecule has 0 unspecified atom stereocenters. The Hall–Kier alpha value is -0.570. The number of hydrogen-bond donors (Lipinski definition) is 1. The molecule has 0 atom stereocenters. The molecule has 1 rings (SSSR count). The Labute approximate surface area is 86.8 Å². The molecule has 3 heteroatoms. The third kappa shape index (κ3) is 3.66. The fourth-order valence-corrected chi connectivity index (χ4v) is 1.98. The van der Waals surface area contributed by atoms with Crippen molar-refractivity contribution in [3.8, 4) is 0 Å². The molecule has 0 aliphatic heterocycles. The first-order valence-corrected chi connectivity index (χ1v) is 5.74. The van der Waals surface area contributed by atoms with Gasteiger partial charge < -0.3 is 0 Å². The zero-order valence-corrected chi connectivity index (χ0v) is 9.38. The molecule has 1 aliphatic carbocycles. The summed E-state index contributed by atoms with van der Waals surface area (Å²) in [7, 11) is 1.81. The maximum absolute atomic E-state index is 11.2. The average molecular weight is 198 g/mol. The van der Waals surface area contributed by atoms with E-state index < -0.39 is 0 Å². The summed E-state index contributed by atoms with van der Waals surface area (Å²) in [6.07, 6.45) is 7.33. The second-order valence-corrected chi connectivity index (χ2v) is 4.17. The first-order valence-electron chi connectivity index (χ1n) is 5.74. The fraction of sp³-hybridized carbons (Fsp3) is 0.909. The van der Waals surface area contributed by atoms with Gasteiger partial charge in [0.15, 0.2) is 0 Å². The molecule has 1 amide bonds. The molecule has 0 heterocycles. The minimum atomic E-state index is 0.167. The standard InChI is InChI=1S/C11H22N2O/c1-3-11(14)13(2)12-9-10-7-5-4-6-8-10/h10,12H,3-9H2,1-2H3. The summed E-state index contributed by atoms with van der Waals surface area (Å²) in [5, 5.41) is 1.63. The van der Waals surface area contributed by atoms with E-state index in [9.17, 15) is 4.79 Å². The number of rotatable bonds is 4. The van der Waals surface area contributed by atoms with Crippen LogP contribution in [-0.4, -0.2) is 24.5 Å². The number of hydrogen-bond acceptors (Lipinski definition) is 2. The van der Waals surface area contributed by atoms with E-state index in [4.69, 9.17) is 0 Å². The lowest BCUT2D eigenvalue weighted by atomic mass is 9.89. The number of amides is 1.